The maximum absolute atomic E-state index is 13.1. The number of ketones is 2. The Hall–Kier alpha value is -4.01. The van der Waals surface area contributed by atoms with Crippen LogP contribution in [0, 0.1) is 0 Å². The number of carbonyl (C=O) groups excluding carboxylic acids is 3. The minimum absolute atomic E-state index is 0.000114. The van der Waals surface area contributed by atoms with Gasteiger partial charge in [-0.15, -0.1) is 0 Å². The first-order valence-electron chi connectivity index (χ1n) is 12.5. The van der Waals surface area contributed by atoms with Gasteiger partial charge in [-0.1, -0.05) is 0 Å². The average Bonchev–Trinajstić information content (AvgIpc) is 2.86. The van der Waals surface area contributed by atoms with Gasteiger partial charge in [0.1, 0.15) is 34.2 Å². The number of Topliss-reactive ketones (excluding diaryl/α,β-unsaturated/α-hetero) is 1. The first-order chi connectivity index (χ1) is 17.9. The highest BCUT2D eigenvalue weighted by molar-refractivity contribution is 6.11. The van der Waals surface area contributed by atoms with E-state index >= 15 is 0 Å². The second-order valence-electron chi connectivity index (χ2n) is 10.5. The van der Waals surface area contributed by atoms with Gasteiger partial charge in [-0.2, -0.15) is 0 Å². The minimum atomic E-state index is -0.772. The van der Waals surface area contributed by atoms with Crippen molar-refractivity contribution < 1.29 is 38.4 Å². The molecule has 4 rings (SSSR count). The highest BCUT2D eigenvalue weighted by Gasteiger charge is 2.44. The first-order valence-corrected chi connectivity index (χ1v) is 12.5. The van der Waals surface area contributed by atoms with Gasteiger partial charge in [-0.05, 0) is 51.1 Å². The fourth-order valence-electron chi connectivity index (χ4n) is 4.64. The molecule has 2 heterocycles. The number of nitrogens with zero attached hydrogens (tertiary/aromatic N) is 1. The fraction of sp³-hybridized carbons (Fsp3) is 0.414. The van der Waals surface area contributed by atoms with Crippen LogP contribution in [0.1, 0.15) is 66.3 Å². The van der Waals surface area contributed by atoms with Crippen LogP contribution >= 0.6 is 0 Å². The Labute approximate surface area is 221 Å². The molecule has 0 aromatic heterocycles. The van der Waals surface area contributed by atoms with Crippen LogP contribution in [0.25, 0.3) is 6.08 Å². The zero-order valence-corrected chi connectivity index (χ0v) is 22.3. The van der Waals surface area contributed by atoms with Gasteiger partial charge in [-0.25, -0.2) is 4.79 Å². The van der Waals surface area contributed by atoms with Crippen LogP contribution in [0.15, 0.2) is 36.4 Å². The van der Waals surface area contributed by atoms with Crippen LogP contribution in [0.2, 0.25) is 0 Å². The minimum Gasteiger partial charge on any atom is -0.507 e. The molecular weight excluding hydrogens is 490 g/mol. The lowest BCUT2D eigenvalue weighted by atomic mass is 9.82. The van der Waals surface area contributed by atoms with Crippen molar-refractivity contribution in [3.63, 3.8) is 0 Å². The van der Waals surface area contributed by atoms with Gasteiger partial charge in [0.15, 0.2) is 11.6 Å². The normalized spacial score (nSPS) is 16.7. The molecule has 2 aliphatic rings. The first kappa shape index (κ1) is 27.0. The molecule has 0 atom stereocenters. The maximum Gasteiger partial charge on any atom is 0.410 e. The molecule has 1 spiro atoms. The van der Waals surface area contributed by atoms with E-state index in [4.69, 9.17) is 18.9 Å². The Bertz CT molecular complexity index is 1280. The van der Waals surface area contributed by atoms with E-state index in [1.54, 1.807) is 36.3 Å². The third-order valence-electron chi connectivity index (χ3n) is 6.65. The average molecular weight is 524 g/mol. The van der Waals surface area contributed by atoms with E-state index in [1.807, 2.05) is 20.8 Å². The van der Waals surface area contributed by atoms with E-state index in [0.29, 0.717) is 43.0 Å². The molecule has 0 radical (unpaired) electrons. The third kappa shape index (κ3) is 5.77. The van der Waals surface area contributed by atoms with Crippen molar-refractivity contribution >= 4 is 23.7 Å². The lowest BCUT2D eigenvalue weighted by molar-refractivity contribution is -0.0226. The van der Waals surface area contributed by atoms with E-state index in [9.17, 15) is 19.5 Å². The second-order valence-corrected chi connectivity index (χ2v) is 10.5. The molecule has 0 bridgehead atoms. The van der Waals surface area contributed by atoms with Gasteiger partial charge < -0.3 is 29.0 Å². The number of benzene rings is 2. The predicted molar refractivity (Wildman–Crippen MR) is 140 cm³/mol. The van der Waals surface area contributed by atoms with Crippen LogP contribution in [-0.4, -0.2) is 66.2 Å². The van der Waals surface area contributed by atoms with Crippen LogP contribution in [0.3, 0.4) is 0 Å². The Kier molecular flexibility index (Phi) is 7.40. The van der Waals surface area contributed by atoms with Crippen molar-refractivity contribution in [2.75, 3.05) is 27.3 Å². The van der Waals surface area contributed by atoms with E-state index in [-0.39, 0.29) is 34.8 Å². The number of phenols is 1. The fourth-order valence-corrected chi connectivity index (χ4v) is 4.64. The number of hydrogen-bond acceptors (Lipinski definition) is 8. The van der Waals surface area contributed by atoms with E-state index in [1.165, 1.54) is 25.3 Å². The molecule has 1 N–H and O–H groups in total. The number of phenolic OH excluding ortho intramolecular Hbond substituents is 1. The number of allylic oxidation sites excluding steroid dienone is 1. The van der Waals surface area contributed by atoms with Crippen LogP contribution in [0.5, 0.6) is 23.0 Å². The summed E-state index contributed by atoms with van der Waals surface area (Å²) in [7, 11) is 3.06. The van der Waals surface area contributed by atoms with Crippen molar-refractivity contribution in [2.24, 2.45) is 0 Å². The predicted octanol–water partition coefficient (Wildman–Crippen LogP) is 5.04. The summed E-state index contributed by atoms with van der Waals surface area (Å²) in [6.07, 6.45) is 3.52. The summed E-state index contributed by atoms with van der Waals surface area (Å²) in [5, 5.41) is 10.6. The van der Waals surface area contributed by atoms with Crippen LogP contribution in [-0.2, 0) is 4.74 Å². The second kappa shape index (κ2) is 10.4. The quantitative estimate of drug-likeness (QED) is 0.429. The van der Waals surface area contributed by atoms with Crippen molar-refractivity contribution in [2.45, 2.75) is 51.2 Å². The summed E-state index contributed by atoms with van der Waals surface area (Å²) in [5.41, 5.74) is -0.462. The SMILES string of the molecule is COc1ccc(/C=C/C(=O)c2cc3c(cc2O)OC2(CCN(C(=O)OC(C)(C)C)CC2)CC3=O)c(OC)c1. The zero-order valence-electron chi connectivity index (χ0n) is 22.3. The van der Waals surface area contributed by atoms with E-state index in [0.717, 1.165) is 0 Å². The van der Waals surface area contributed by atoms with Crippen molar-refractivity contribution in [1.29, 1.82) is 0 Å². The summed E-state index contributed by atoms with van der Waals surface area (Å²) >= 11 is 0. The molecule has 2 aromatic rings. The Morgan fingerprint density at radius 2 is 1.79 bits per heavy atom. The molecule has 38 heavy (non-hydrogen) atoms. The van der Waals surface area contributed by atoms with Crippen molar-refractivity contribution in [1.82, 2.24) is 4.90 Å². The van der Waals surface area contributed by atoms with Gasteiger partial charge in [0.05, 0.1) is 31.8 Å². The number of likely N-dealkylation sites (tertiary alicyclic amines) is 1. The van der Waals surface area contributed by atoms with Gasteiger partial charge in [0.2, 0.25) is 0 Å². The number of methoxy groups -OCH3 is 2. The van der Waals surface area contributed by atoms with Gasteiger partial charge in [0.25, 0.3) is 0 Å². The van der Waals surface area contributed by atoms with Crippen molar-refractivity contribution in [3.05, 3.63) is 53.1 Å². The number of carbonyl (C=O) groups is 3. The van der Waals surface area contributed by atoms with Gasteiger partial charge >= 0.3 is 6.09 Å². The molecule has 2 aromatic carbocycles. The molecule has 1 saturated heterocycles. The van der Waals surface area contributed by atoms with Crippen molar-refractivity contribution in [3.8, 4) is 23.0 Å². The highest BCUT2D eigenvalue weighted by Crippen LogP contribution is 2.42. The number of hydrogen-bond donors (Lipinski definition) is 1. The number of amides is 1. The molecule has 9 heteroatoms. The topological polar surface area (TPSA) is 112 Å². The third-order valence-corrected chi connectivity index (χ3v) is 6.65. The molecule has 0 unspecified atom stereocenters. The number of rotatable bonds is 5. The molecule has 0 aliphatic carbocycles. The number of ether oxygens (including phenoxy) is 4. The molecule has 202 valence electrons. The summed E-state index contributed by atoms with van der Waals surface area (Å²) in [6, 6.07) is 7.90. The Morgan fingerprint density at radius 3 is 2.42 bits per heavy atom. The maximum atomic E-state index is 13.1. The number of fused-ring (bicyclic) bond motifs is 1. The molecule has 2 aliphatic heterocycles. The monoisotopic (exact) mass is 523 g/mol. The molecular formula is C29H33NO8. The summed E-state index contributed by atoms with van der Waals surface area (Å²) in [4.78, 5) is 40.1. The van der Waals surface area contributed by atoms with Crippen LogP contribution in [0.4, 0.5) is 4.79 Å². The molecule has 1 fully saturated rings. The smallest absolute Gasteiger partial charge is 0.410 e. The summed E-state index contributed by atoms with van der Waals surface area (Å²) in [5.74, 6) is 0.450. The largest absolute Gasteiger partial charge is 0.507 e. The molecule has 0 saturated carbocycles. The Morgan fingerprint density at radius 1 is 1.08 bits per heavy atom. The lowest BCUT2D eigenvalue weighted by Crippen LogP contribution is -2.53. The number of aromatic hydroxyl groups is 1. The van der Waals surface area contributed by atoms with Gasteiger partial charge in [0, 0.05) is 43.6 Å². The zero-order chi connectivity index (χ0) is 27.7. The van der Waals surface area contributed by atoms with E-state index in [2.05, 4.69) is 0 Å². The van der Waals surface area contributed by atoms with E-state index < -0.39 is 23.1 Å². The lowest BCUT2D eigenvalue weighted by Gasteiger charge is -2.44. The number of piperidine rings is 1. The van der Waals surface area contributed by atoms with Crippen LogP contribution < -0.4 is 14.2 Å². The standard InChI is InChI=1S/C29H33NO8/c1-28(2,3)38-27(34)30-12-10-29(11-13-30)17-24(33)21-15-20(23(32)16-26(21)37-29)22(31)9-7-18-6-8-19(35-4)14-25(18)36-5/h6-9,14-16,32H,10-13,17H2,1-5H3/b9-7+. The molecule has 9 nitrogen and oxygen atoms in total. The summed E-state index contributed by atoms with van der Waals surface area (Å²) in [6.45, 7) is 6.22. The highest BCUT2D eigenvalue weighted by atomic mass is 16.6. The van der Waals surface area contributed by atoms with Gasteiger partial charge in [-0.3, -0.25) is 9.59 Å². The summed E-state index contributed by atoms with van der Waals surface area (Å²) < 4.78 is 22.2. The Balaban J connectivity index is 1.49. The molecule has 1 amide bonds.